The van der Waals surface area contributed by atoms with Crippen molar-refractivity contribution in [1.29, 1.82) is 0 Å². The summed E-state index contributed by atoms with van der Waals surface area (Å²) in [6, 6.07) is 15.7. The zero-order chi connectivity index (χ0) is 17.9. The third-order valence-corrected chi connectivity index (χ3v) is 4.43. The van der Waals surface area contributed by atoms with Crippen LogP contribution in [0.3, 0.4) is 0 Å². The molecule has 0 aliphatic carbocycles. The molecule has 0 saturated carbocycles. The Labute approximate surface area is 176 Å². The zero-order valence-electron chi connectivity index (χ0n) is 15.1. The molecule has 142 valence electrons. The first-order valence-electron chi connectivity index (χ1n) is 8.29. The molecule has 26 heavy (non-hydrogen) atoms. The van der Waals surface area contributed by atoms with Crippen LogP contribution >= 0.6 is 35.7 Å². The van der Waals surface area contributed by atoms with Crippen LogP contribution in [0.1, 0.15) is 12.5 Å². The van der Waals surface area contributed by atoms with E-state index in [0.717, 1.165) is 30.4 Å². The Balaban J connectivity index is 0.00000338. The highest BCUT2D eigenvalue weighted by molar-refractivity contribution is 14.0. The molecule has 3 N–H and O–H groups in total. The predicted molar refractivity (Wildman–Crippen MR) is 120 cm³/mol. The summed E-state index contributed by atoms with van der Waals surface area (Å²) in [6.07, 6.45) is 0. The SMILES string of the molecule is CCNC(=NCc1ccc(OC)c(O)c1)NCCSc1ccccc1.I. The molecule has 0 atom stereocenters. The van der Waals surface area contributed by atoms with Gasteiger partial charge >= 0.3 is 0 Å². The first-order chi connectivity index (χ1) is 12.2. The quantitative estimate of drug-likeness (QED) is 0.174. The molecule has 2 rings (SSSR count). The van der Waals surface area contributed by atoms with Crippen molar-refractivity contribution in [2.45, 2.75) is 18.4 Å². The highest BCUT2D eigenvalue weighted by Crippen LogP contribution is 2.26. The molecular formula is C19H26IN3O2S. The van der Waals surface area contributed by atoms with Gasteiger partial charge in [-0.1, -0.05) is 24.3 Å². The molecule has 5 nitrogen and oxygen atoms in total. The van der Waals surface area contributed by atoms with E-state index < -0.39 is 0 Å². The molecule has 0 heterocycles. The van der Waals surface area contributed by atoms with Crippen molar-refractivity contribution in [1.82, 2.24) is 10.6 Å². The molecule has 0 amide bonds. The monoisotopic (exact) mass is 487 g/mol. The number of nitrogens with one attached hydrogen (secondary N) is 2. The minimum absolute atomic E-state index is 0. The molecule has 2 aromatic rings. The van der Waals surface area contributed by atoms with Gasteiger partial charge in [0.2, 0.25) is 0 Å². The summed E-state index contributed by atoms with van der Waals surface area (Å²) in [5.41, 5.74) is 0.925. The van der Waals surface area contributed by atoms with Crippen molar-refractivity contribution in [2.24, 2.45) is 4.99 Å². The van der Waals surface area contributed by atoms with Gasteiger partial charge in [-0.15, -0.1) is 35.7 Å². The Bertz CT molecular complexity index is 684. The van der Waals surface area contributed by atoms with Crippen LogP contribution in [0.2, 0.25) is 0 Å². The van der Waals surface area contributed by atoms with Crippen molar-refractivity contribution in [2.75, 3.05) is 26.0 Å². The predicted octanol–water partition coefficient (Wildman–Crippen LogP) is 3.87. The van der Waals surface area contributed by atoms with E-state index >= 15 is 0 Å². The molecule has 0 saturated heterocycles. The van der Waals surface area contributed by atoms with Gasteiger partial charge in [0, 0.05) is 23.7 Å². The van der Waals surface area contributed by atoms with Gasteiger partial charge in [-0.05, 0) is 36.8 Å². The molecule has 0 fully saturated rings. The van der Waals surface area contributed by atoms with Crippen LogP contribution < -0.4 is 15.4 Å². The summed E-state index contributed by atoms with van der Waals surface area (Å²) in [7, 11) is 1.54. The number of thioether (sulfide) groups is 1. The lowest BCUT2D eigenvalue weighted by Gasteiger charge is -2.11. The van der Waals surface area contributed by atoms with E-state index in [9.17, 15) is 5.11 Å². The maximum atomic E-state index is 9.83. The third kappa shape index (κ3) is 7.74. The topological polar surface area (TPSA) is 65.9 Å². The number of nitrogens with zero attached hydrogens (tertiary/aromatic N) is 1. The van der Waals surface area contributed by atoms with Crippen molar-refractivity contribution in [3.05, 3.63) is 54.1 Å². The molecule has 0 radical (unpaired) electrons. The minimum Gasteiger partial charge on any atom is -0.504 e. The number of guanidine groups is 1. The largest absolute Gasteiger partial charge is 0.504 e. The number of halogens is 1. The Hall–Kier alpha value is -1.61. The van der Waals surface area contributed by atoms with Crippen molar-refractivity contribution >= 4 is 41.7 Å². The Morgan fingerprint density at radius 1 is 1.15 bits per heavy atom. The summed E-state index contributed by atoms with van der Waals surface area (Å²) in [6.45, 7) is 4.14. The standard InChI is InChI=1S/C19H25N3O2S.HI/c1-3-20-19(21-11-12-25-16-7-5-4-6-8-16)22-14-15-9-10-18(24-2)17(23)13-15;/h4-10,13,23H,3,11-12,14H2,1-2H3,(H2,20,21,22);1H. The van der Waals surface area contributed by atoms with Crippen LogP contribution in [0.5, 0.6) is 11.5 Å². The lowest BCUT2D eigenvalue weighted by molar-refractivity contribution is 0.373. The second kappa shape index (κ2) is 12.7. The molecule has 2 aromatic carbocycles. The smallest absolute Gasteiger partial charge is 0.191 e. The molecule has 0 spiro atoms. The number of phenols is 1. The Kier molecular flexibility index (Phi) is 11.0. The zero-order valence-corrected chi connectivity index (χ0v) is 18.2. The van der Waals surface area contributed by atoms with Gasteiger partial charge in [-0.2, -0.15) is 0 Å². The highest BCUT2D eigenvalue weighted by Gasteiger charge is 2.03. The fourth-order valence-electron chi connectivity index (χ4n) is 2.20. The molecular weight excluding hydrogens is 461 g/mol. The van der Waals surface area contributed by atoms with Crippen LogP contribution in [-0.2, 0) is 6.54 Å². The van der Waals surface area contributed by atoms with Crippen LogP contribution in [0.15, 0.2) is 58.4 Å². The van der Waals surface area contributed by atoms with Gasteiger partial charge in [0.25, 0.3) is 0 Å². The lowest BCUT2D eigenvalue weighted by atomic mass is 10.2. The van der Waals surface area contributed by atoms with E-state index in [-0.39, 0.29) is 29.7 Å². The number of phenolic OH excluding ortho intramolecular Hbond substituents is 1. The molecule has 0 aromatic heterocycles. The molecule has 0 bridgehead atoms. The van der Waals surface area contributed by atoms with Gasteiger partial charge in [0.05, 0.1) is 13.7 Å². The van der Waals surface area contributed by atoms with Gasteiger partial charge in [-0.3, -0.25) is 0 Å². The van der Waals surface area contributed by atoms with E-state index in [1.165, 1.54) is 12.0 Å². The first-order valence-corrected chi connectivity index (χ1v) is 9.27. The second-order valence-corrected chi connectivity index (χ2v) is 6.46. The number of rotatable bonds is 8. The third-order valence-electron chi connectivity index (χ3n) is 3.41. The van der Waals surface area contributed by atoms with Crippen molar-refractivity contribution in [3.8, 4) is 11.5 Å². The summed E-state index contributed by atoms with van der Waals surface area (Å²) < 4.78 is 5.05. The number of ether oxygens (including phenoxy) is 1. The second-order valence-electron chi connectivity index (χ2n) is 5.29. The average Bonchev–Trinajstić information content (AvgIpc) is 2.64. The van der Waals surface area contributed by atoms with E-state index in [4.69, 9.17) is 4.74 Å². The van der Waals surface area contributed by atoms with E-state index in [1.807, 2.05) is 43.0 Å². The number of aromatic hydroxyl groups is 1. The maximum absolute atomic E-state index is 9.83. The fraction of sp³-hybridized carbons (Fsp3) is 0.316. The summed E-state index contributed by atoms with van der Waals surface area (Å²) in [5.74, 6) is 2.33. The molecule has 7 heteroatoms. The van der Waals surface area contributed by atoms with Gasteiger partial charge in [-0.25, -0.2) is 4.99 Å². The molecule has 0 unspecified atom stereocenters. The van der Waals surface area contributed by atoms with Crippen LogP contribution in [0.4, 0.5) is 0 Å². The number of hydrogen-bond donors (Lipinski definition) is 3. The average molecular weight is 487 g/mol. The van der Waals surface area contributed by atoms with Gasteiger partial charge in [0.15, 0.2) is 17.5 Å². The Morgan fingerprint density at radius 2 is 1.92 bits per heavy atom. The summed E-state index contributed by atoms with van der Waals surface area (Å²) in [4.78, 5) is 5.82. The maximum Gasteiger partial charge on any atom is 0.191 e. The van der Waals surface area contributed by atoms with Gasteiger partial charge < -0.3 is 20.5 Å². The normalized spacial score (nSPS) is 10.8. The van der Waals surface area contributed by atoms with Crippen LogP contribution in [0.25, 0.3) is 0 Å². The highest BCUT2D eigenvalue weighted by atomic mass is 127. The van der Waals surface area contributed by atoms with Crippen molar-refractivity contribution < 1.29 is 9.84 Å². The van der Waals surface area contributed by atoms with E-state index in [0.29, 0.717) is 12.3 Å². The molecule has 0 aliphatic rings. The number of methoxy groups -OCH3 is 1. The van der Waals surface area contributed by atoms with E-state index in [2.05, 4.69) is 27.8 Å². The number of hydrogen-bond acceptors (Lipinski definition) is 4. The Morgan fingerprint density at radius 3 is 2.58 bits per heavy atom. The minimum atomic E-state index is 0. The van der Waals surface area contributed by atoms with Gasteiger partial charge in [0.1, 0.15) is 0 Å². The number of aliphatic imine (C=N–C) groups is 1. The van der Waals surface area contributed by atoms with Crippen molar-refractivity contribution in [3.63, 3.8) is 0 Å². The lowest BCUT2D eigenvalue weighted by Crippen LogP contribution is -2.38. The van der Waals surface area contributed by atoms with Crippen LogP contribution in [0, 0.1) is 0 Å². The molecule has 0 aliphatic heterocycles. The number of benzene rings is 2. The summed E-state index contributed by atoms with van der Waals surface area (Å²) in [5, 5.41) is 16.4. The fourth-order valence-corrected chi connectivity index (χ4v) is 2.99. The first kappa shape index (κ1) is 22.4. The summed E-state index contributed by atoms with van der Waals surface area (Å²) >= 11 is 1.81. The van der Waals surface area contributed by atoms with E-state index in [1.54, 1.807) is 12.1 Å². The van der Waals surface area contributed by atoms with Crippen LogP contribution in [-0.4, -0.2) is 37.0 Å².